The minimum Gasteiger partial charge on any atom is -0.465 e. The van der Waals surface area contributed by atoms with Crippen LogP contribution in [-0.2, 0) is 19.1 Å². The van der Waals surface area contributed by atoms with Gasteiger partial charge in [0.05, 0.1) is 6.61 Å². The third kappa shape index (κ3) is 4.62. The first kappa shape index (κ1) is 29.2. The van der Waals surface area contributed by atoms with E-state index in [9.17, 15) is 9.59 Å². The van der Waals surface area contributed by atoms with Gasteiger partial charge >= 0.3 is 11.9 Å². The molecule has 0 spiro atoms. The number of esters is 2. The molecule has 0 aliphatic heterocycles. The molecule has 2 fully saturated rings. The molecule has 0 aromatic heterocycles. The molecule has 0 bridgehead atoms. The molecule has 0 amide bonds. The number of rotatable bonds is 8. The van der Waals surface area contributed by atoms with Crippen molar-refractivity contribution in [3.8, 4) is 0 Å². The number of carbonyl (C=O) groups is 2. The lowest BCUT2D eigenvalue weighted by Crippen LogP contribution is -2.56. The van der Waals surface area contributed by atoms with E-state index in [0.717, 1.165) is 44.9 Å². The number of carbonyl (C=O) groups excluding carboxylic acids is 2. The number of allylic oxidation sites excluding steroid dienone is 5. The Kier molecular flexibility index (Phi) is 7.89. The third-order valence-electron chi connectivity index (χ3n) is 11.5. The molecule has 38 heavy (non-hydrogen) atoms. The summed E-state index contributed by atoms with van der Waals surface area (Å²) in [6.45, 7) is 22.3. The van der Waals surface area contributed by atoms with Crippen LogP contribution in [0.5, 0.6) is 0 Å². The first-order valence-corrected chi connectivity index (χ1v) is 15.1. The fourth-order valence-corrected chi connectivity index (χ4v) is 9.29. The van der Waals surface area contributed by atoms with E-state index in [-0.39, 0.29) is 39.7 Å². The SMILES string of the molecule is C=C(CCCC(C)C)C1CCC2(C)C3=CCC4C(C)(CCC(OC(C)=O)C4(C)C)C3=CCC12COC(C)=O. The Hall–Kier alpha value is -1.84. The Morgan fingerprint density at radius 2 is 1.74 bits per heavy atom. The Labute approximate surface area is 231 Å². The maximum Gasteiger partial charge on any atom is 0.302 e. The average molecular weight is 525 g/mol. The van der Waals surface area contributed by atoms with Crippen LogP contribution in [0.25, 0.3) is 0 Å². The van der Waals surface area contributed by atoms with Crippen LogP contribution in [0.2, 0.25) is 0 Å². The second kappa shape index (κ2) is 10.3. The average Bonchev–Trinajstić information content (AvgIpc) is 3.12. The van der Waals surface area contributed by atoms with E-state index >= 15 is 0 Å². The lowest BCUT2D eigenvalue weighted by Gasteiger charge is -2.61. The summed E-state index contributed by atoms with van der Waals surface area (Å²) < 4.78 is 11.7. The van der Waals surface area contributed by atoms with Crippen molar-refractivity contribution in [2.75, 3.05) is 6.61 Å². The molecule has 4 aliphatic rings. The van der Waals surface area contributed by atoms with Gasteiger partial charge < -0.3 is 9.47 Å². The smallest absolute Gasteiger partial charge is 0.302 e. The summed E-state index contributed by atoms with van der Waals surface area (Å²) in [5.74, 6) is 1.11. The van der Waals surface area contributed by atoms with E-state index in [1.807, 2.05) is 0 Å². The van der Waals surface area contributed by atoms with Crippen molar-refractivity contribution in [2.24, 2.45) is 39.4 Å². The summed E-state index contributed by atoms with van der Waals surface area (Å²) in [4.78, 5) is 24.0. The van der Waals surface area contributed by atoms with E-state index in [0.29, 0.717) is 24.4 Å². The molecular formula is C34H52O4. The van der Waals surface area contributed by atoms with Gasteiger partial charge in [0.2, 0.25) is 0 Å². The van der Waals surface area contributed by atoms with Crippen molar-refractivity contribution in [3.05, 3.63) is 35.5 Å². The topological polar surface area (TPSA) is 52.6 Å². The first-order chi connectivity index (χ1) is 17.7. The van der Waals surface area contributed by atoms with Crippen molar-refractivity contribution in [1.29, 1.82) is 0 Å². The zero-order valence-electron chi connectivity index (χ0n) is 25.4. The first-order valence-electron chi connectivity index (χ1n) is 15.1. The van der Waals surface area contributed by atoms with Gasteiger partial charge in [-0.05, 0) is 85.7 Å². The van der Waals surface area contributed by atoms with Crippen LogP contribution < -0.4 is 0 Å². The van der Waals surface area contributed by atoms with Gasteiger partial charge in [0.1, 0.15) is 6.10 Å². The summed E-state index contributed by atoms with van der Waals surface area (Å²) in [5.41, 5.74) is 4.11. The molecule has 0 N–H and O–H groups in total. The fourth-order valence-electron chi connectivity index (χ4n) is 9.29. The van der Waals surface area contributed by atoms with Gasteiger partial charge in [-0.25, -0.2) is 0 Å². The predicted molar refractivity (Wildman–Crippen MR) is 153 cm³/mol. The van der Waals surface area contributed by atoms with Gasteiger partial charge in [0.15, 0.2) is 0 Å². The fraction of sp³-hybridized carbons (Fsp3) is 0.765. The standard InChI is InChI=1S/C34H52O4/c1-22(2)11-10-12-23(3)26-15-19-33(9)28-13-14-29-31(6,7)30(38-25(5)36)17-18-32(29,8)27(28)16-20-34(26,33)21-37-24(4)35/h13,16,22,26,29-30H,3,10-12,14-15,17-21H2,1-2,4-9H3. The number of hydrogen-bond acceptors (Lipinski definition) is 4. The van der Waals surface area contributed by atoms with Gasteiger partial charge in [-0.1, -0.05) is 72.3 Å². The summed E-state index contributed by atoms with van der Waals surface area (Å²) >= 11 is 0. The van der Waals surface area contributed by atoms with Crippen molar-refractivity contribution >= 4 is 11.9 Å². The molecule has 0 saturated heterocycles. The van der Waals surface area contributed by atoms with E-state index < -0.39 is 0 Å². The van der Waals surface area contributed by atoms with Crippen LogP contribution in [0, 0.1) is 39.4 Å². The second-order valence-electron chi connectivity index (χ2n) is 14.4. The number of fused-ring (bicyclic) bond motifs is 5. The molecule has 0 aromatic carbocycles. The Balaban J connectivity index is 1.71. The van der Waals surface area contributed by atoms with Crippen molar-refractivity contribution in [3.63, 3.8) is 0 Å². The molecule has 0 heterocycles. The maximum atomic E-state index is 12.1. The van der Waals surface area contributed by atoms with Crippen LogP contribution in [0.1, 0.15) is 113 Å². The highest BCUT2D eigenvalue weighted by atomic mass is 16.5. The zero-order chi connectivity index (χ0) is 28.1. The largest absolute Gasteiger partial charge is 0.465 e. The molecule has 4 rings (SSSR count). The summed E-state index contributed by atoms with van der Waals surface area (Å²) in [6.07, 6.45) is 14.5. The molecule has 212 valence electrons. The van der Waals surface area contributed by atoms with E-state index in [2.05, 4.69) is 60.3 Å². The van der Waals surface area contributed by atoms with Crippen molar-refractivity contribution in [1.82, 2.24) is 0 Å². The minimum atomic E-state index is -0.192. The molecular weight excluding hydrogens is 472 g/mol. The molecule has 4 nitrogen and oxygen atoms in total. The van der Waals surface area contributed by atoms with Crippen molar-refractivity contribution in [2.45, 2.75) is 119 Å². The Morgan fingerprint density at radius 1 is 1.03 bits per heavy atom. The third-order valence-corrected chi connectivity index (χ3v) is 11.5. The highest BCUT2D eigenvalue weighted by molar-refractivity contribution is 5.66. The highest BCUT2D eigenvalue weighted by Crippen LogP contribution is 2.72. The van der Waals surface area contributed by atoms with Gasteiger partial charge in [-0.3, -0.25) is 9.59 Å². The maximum absolute atomic E-state index is 12.1. The molecule has 2 saturated carbocycles. The summed E-state index contributed by atoms with van der Waals surface area (Å²) in [6, 6.07) is 0. The van der Waals surface area contributed by atoms with E-state index in [1.54, 1.807) is 0 Å². The van der Waals surface area contributed by atoms with Crippen LogP contribution >= 0.6 is 0 Å². The van der Waals surface area contributed by atoms with Crippen LogP contribution in [-0.4, -0.2) is 24.6 Å². The second-order valence-corrected chi connectivity index (χ2v) is 14.4. The van der Waals surface area contributed by atoms with Crippen LogP contribution in [0.3, 0.4) is 0 Å². The molecule has 0 radical (unpaired) electrons. The lowest BCUT2D eigenvalue weighted by atomic mass is 9.44. The molecule has 6 unspecified atom stereocenters. The van der Waals surface area contributed by atoms with E-state index in [4.69, 9.17) is 9.47 Å². The van der Waals surface area contributed by atoms with Gasteiger partial charge in [0, 0.05) is 30.1 Å². The Bertz CT molecular complexity index is 1030. The summed E-state index contributed by atoms with van der Waals surface area (Å²) in [5, 5.41) is 0. The highest BCUT2D eigenvalue weighted by Gasteiger charge is 2.65. The Morgan fingerprint density at radius 3 is 2.37 bits per heavy atom. The van der Waals surface area contributed by atoms with Gasteiger partial charge in [-0.15, -0.1) is 0 Å². The van der Waals surface area contributed by atoms with Gasteiger partial charge in [0.25, 0.3) is 0 Å². The van der Waals surface area contributed by atoms with Gasteiger partial charge in [-0.2, -0.15) is 0 Å². The van der Waals surface area contributed by atoms with Crippen molar-refractivity contribution < 1.29 is 19.1 Å². The molecule has 4 aliphatic carbocycles. The quantitative estimate of drug-likeness (QED) is 0.236. The zero-order valence-corrected chi connectivity index (χ0v) is 25.4. The molecule has 0 aromatic rings. The molecule has 6 atom stereocenters. The van der Waals surface area contributed by atoms with Crippen LogP contribution in [0.4, 0.5) is 0 Å². The normalized spacial score (nSPS) is 37.3. The van der Waals surface area contributed by atoms with E-state index in [1.165, 1.54) is 43.4 Å². The number of hydrogen-bond donors (Lipinski definition) is 0. The lowest BCUT2D eigenvalue weighted by molar-refractivity contribution is -0.165. The predicted octanol–water partition coefficient (Wildman–Crippen LogP) is 8.37. The summed E-state index contributed by atoms with van der Waals surface area (Å²) in [7, 11) is 0. The van der Waals surface area contributed by atoms with Crippen LogP contribution in [0.15, 0.2) is 35.5 Å². The number of ether oxygens (including phenoxy) is 2. The monoisotopic (exact) mass is 524 g/mol. The molecule has 4 heteroatoms. The minimum absolute atomic E-state index is 0.0408.